The van der Waals surface area contributed by atoms with Crippen molar-refractivity contribution in [2.75, 3.05) is 26.2 Å². The highest BCUT2D eigenvalue weighted by atomic mass is 32.1. The fraction of sp³-hybridized carbons (Fsp3) is 0.478. The number of carbonyl (C=O) groups excluding carboxylic acids is 3. The van der Waals surface area contributed by atoms with Gasteiger partial charge in [0.05, 0.1) is 28.7 Å². The minimum Gasteiger partial charge on any atom is -0.391 e. The van der Waals surface area contributed by atoms with E-state index in [0.717, 1.165) is 21.7 Å². The first-order valence-corrected chi connectivity index (χ1v) is 12.0. The van der Waals surface area contributed by atoms with Crippen molar-refractivity contribution in [2.24, 2.45) is 0 Å². The zero-order valence-corrected chi connectivity index (χ0v) is 19.6. The number of rotatable bonds is 6. The Morgan fingerprint density at radius 2 is 2.09 bits per heavy atom. The van der Waals surface area contributed by atoms with Gasteiger partial charge >= 0.3 is 0 Å². The van der Waals surface area contributed by atoms with E-state index in [1.807, 2.05) is 36.7 Å². The molecule has 0 aliphatic carbocycles. The lowest BCUT2D eigenvalue weighted by Gasteiger charge is -2.35. The molecule has 0 bridgehead atoms. The van der Waals surface area contributed by atoms with E-state index in [-0.39, 0.29) is 37.2 Å². The van der Waals surface area contributed by atoms with E-state index in [0.29, 0.717) is 19.6 Å². The molecule has 2 fully saturated rings. The van der Waals surface area contributed by atoms with E-state index in [1.165, 1.54) is 9.80 Å². The molecule has 2 aromatic rings. The maximum atomic E-state index is 13.1. The zero-order chi connectivity index (χ0) is 23.5. The van der Waals surface area contributed by atoms with Gasteiger partial charge in [-0.05, 0) is 25.0 Å². The highest BCUT2D eigenvalue weighted by Crippen LogP contribution is 2.27. The normalized spacial score (nSPS) is 21.8. The number of likely N-dealkylation sites (tertiary alicyclic amines) is 1. The molecule has 0 spiro atoms. The fourth-order valence-corrected chi connectivity index (χ4v) is 5.18. The van der Waals surface area contributed by atoms with Crippen molar-refractivity contribution in [1.29, 1.82) is 0 Å². The van der Waals surface area contributed by atoms with Crippen molar-refractivity contribution in [3.05, 3.63) is 41.0 Å². The molecule has 4 rings (SSSR count). The Balaban J connectivity index is 1.38. The van der Waals surface area contributed by atoms with Crippen LogP contribution in [0.4, 0.5) is 0 Å². The van der Waals surface area contributed by atoms with Crippen LogP contribution in [0.2, 0.25) is 0 Å². The van der Waals surface area contributed by atoms with Crippen molar-refractivity contribution in [1.82, 2.24) is 25.4 Å². The minimum absolute atomic E-state index is 0.0877. The molecule has 1 aromatic carbocycles. The van der Waals surface area contributed by atoms with Gasteiger partial charge in [0.25, 0.3) is 0 Å². The quantitative estimate of drug-likeness (QED) is 0.566. The molecule has 2 saturated heterocycles. The van der Waals surface area contributed by atoms with Crippen LogP contribution < -0.4 is 10.6 Å². The van der Waals surface area contributed by atoms with Gasteiger partial charge in [0, 0.05) is 32.6 Å². The number of hydrogen-bond acceptors (Lipinski definition) is 7. The Bertz CT molecular complexity index is 1020. The topological polar surface area (TPSA) is 115 Å². The average molecular weight is 472 g/mol. The molecular formula is C23H29N5O4S. The Labute approximate surface area is 196 Å². The largest absolute Gasteiger partial charge is 0.391 e. The number of amides is 3. The van der Waals surface area contributed by atoms with Crippen LogP contribution in [0, 0.1) is 6.92 Å². The Morgan fingerprint density at radius 1 is 1.33 bits per heavy atom. The van der Waals surface area contributed by atoms with E-state index in [2.05, 4.69) is 15.6 Å². The van der Waals surface area contributed by atoms with Gasteiger partial charge in [-0.15, -0.1) is 11.3 Å². The van der Waals surface area contributed by atoms with Crippen molar-refractivity contribution >= 4 is 29.1 Å². The average Bonchev–Trinajstić information content (AvgIpc) is 3.42. The van der Waals surface area contributed by atoms with Crippen LogP contribution >= 0.6 is 11.3 Å². The molecule has 0 radical (unpaired) electrons. The molecule has 9 nitrogen and oxygen atoms in total. The molecule has 33 heavy (non-hydrogen) atoms. The lowest BCUT2D eigenvalue weighted by atomic mass is 10.1. The molecule has 2 aliphatic rings. The smallest absolute Gasteiger partial charge is 0.245 e. The van der Waals surface area contributed by atoms with Crippen molar-refractivity contribution < 1.29 is 19.5 Å². The van der Waals surface area contributed by atoms with Gasteiger partial charge in [0.15, 0.2) is 0 Å². The molecule has 10 heteroatoms. The summed E-state index contributed by atoms with van der Waals surface area (Å²) >= 11 is 1.59. The molecule has 176 valence electrons. The highest BCUT2D eigenvalue weighted by molar-refractivity contribution is 7.13. The molecule has 0 saturated carbocycles. The number of aliphatic hydroxyl groups is 1. The van der Waals surface area contributed by atoms with Crippen molar-refractivity contribution in [2.45, 2.75) is 45.0 Å². The number of aliphatic hydroxyl groups excluding tert-OH is 1. The van der Waals surface area contributed by atoms with Crippen LogP contribution in [0.3, 0.4) is 0 Å². The van der Waals surface area contributed by atoms with Gasteiger partial charge in [-0.2, -0.15) is 0 Å². The lowest BCUT2D eigenvalue weighted by Crippen LogP contribution is -2.58. The summed E-state index contributed by atoms with van der Waals surface area (Å²) in [4.78, 5) is 46.6. The maximum absolute atomic E-state index is 13.1. The number of benzene rings is 1. The first-order valence-electron chi connectivity index (χ1n) is 11.1. The first-order chi connectivity index (χ1) is 15.8. The molecule has 3 atom stereocenters. The van der Waals surface area contributed by atoms with E-state index < -0.39 is 18.2 Å². The molecule has 1 aromatic heterocycles. The highest BCUT2D eigenvalue weighted by Gasteiger charge is 2.42. The summed E-state index contributed by atoms with van der Waals surface area (Å²) in [6.45, 7) is 5.32. The maximum Gasteiger partial charge on any atom is 0.245 e. The predicted molar refractivity (Wildman–Crippen MR) is 124 cm³/mol. The van der Waals surface area contributed by atoms with Gasteiger partial charge in [0.2, 0.25) is 17.7 Å². The molecule has 3 N–H and O–H groups in total. The number of nitrogens with zero attached hydrogens (tertiary/aromatic N) is 3. The molecular weight excluding hydrogens is 442 g/mol. The second-order valence-corrected chi connectivity index (χ2v) is 9.37. The van der Waals surface area contributed by atoms with Crippen LogP contribution in [0.1, 0.15) is 24.6 Å². The minimum atomic E-state index is -0.766. The number of piperazine rings is 1. The van der Waals surface area contributed by atoms with Crippen LogP contribution in [-0.4, -0.2) is 82.0 Å². The predicted octanol–water partition coefficient (Wildman–Crippen LogP) is 0.517. The fourth-order valence-electron chi connectivity index (χ4n) is 4.37. The van der Waals surface area contributed by atoms with E-state index >= 15 is 0 Å². The van der Waals surface area contributed by atoms with Crippen molar-refractivity contribution in [3.63, 3.8) is 0 Å². The number of β-amino-alcohol motifs (C(OH)–C–C–N with tert-alkyl or cyclic N) is 1. The third-order valence-corrected chi connectivity index (χ3v) is 7.22. The van der Waals surface area contributed by atoms with Crippen LogP contribution in [0.5, 0.6) is 0 Å². The van der Waals surface area contributed by atoms with Gasteiger partial charge in [-0.3, -0.25) is 14.4 Å². The Hall–Kier alpha value is -2.82. The van der Waals surface area contributed by atoms with Gasteiger partial charge in [0.1, 0.15) is 12.1 Å². The lowest BCUT2D eigenvalue weighted by molar-refractivity contribution is -0.148. The first kappa shape index (κ1) is 23.3. The standard InChI is InChI=1S/C23H29N5O4S/c1-14-21(33-13-26-14)17-5-3-16(4-6-17)10-25-22(31)19-9-18(29)12-28(19)23(32)15(2)27-8-7-24-11-20(27)30/h3-6,13,15,18-19,24,29H,7-12H2,1-2H3,(H,25,31)/t15?,18?,19-/m0/s1. The summed E-state index contributed by atoms with van der Waals surface area (Å²) in [7, 11) is 0. The second-order valence-electron chi connectivity index (χ2n) is 8.52. The zero-order valence-electron chi connectivity index (χ0n) is 18.8. The number of carbonyl (C=O) groups is 3. The monoisotopic (exact) mass is 471 g/mol. The Morgan fingerprint density at radius 3 is 2.76 bits per heavy atom. The molecule has 2 unspecified atom stereocenters. The summed E-state index contributed by atoms with van der Waals surface area (Å²) in [5.41, 5.74) is 4.82. The summed E-state index contributed by atoms with van der Waals surface area (Å²) < 4.78 is 0. The summed E-state index contributed by atoms with van der Waals surface area (Å²) in [5.74, 6) is -0.757. The number of thiazole rings is 1. The van der Waals surface area contributed by atoms with Crippen LogP contribution in [0.15, 0.2) is 29.8 Å². The summed E-state index contributed by atoms with van der Waals surface area (Å²) in [6, 6.07) is 6.49. The third kappa shape index (κ3) is 5.07. The Kier molecular flexibility index (Phi) is 7.06. The van der Waals surface area contributed by atoms with E-state index in [9.17, 15) is 19.5 Å². The van der Waals surface area contributed by atoms with Gasteiger partial charge in [-0.1, -0.05) is 24.3 Å². The number of nitrogens with one attached hydrogen (secondary N) is 2. The SMILES string of the molecule is Cc1ncsc1-c1ccc(CNC(=O)[C@@H]2CC(O)CN2C(=O)C(C)N2CCNCC2=O)cc1. The summed E-state index contributed by atoms with van der Waals surface area (Å²) in [6.07, 6.45) is -0.582. The molecule has 2 aliphatic heterocycles. The molecule has 3 amide bonds. The van der Waals surface area contributed by atoms with E-state index in [4.69, 9.17) is 0 Å². The van der Waals surface area contributed by atoms with Crippen LogP contribution in [-0.2, 0) is 20.9 Å². The summed E-state index contributed by atoms with van der Waals surface area (Å²) in [5, 5.41) is 16.1. The number of hydrogen-bond donors (Lipinski definition) is 3. The number of aromatic nitrogens is 1. The van der Waals surface area contributed by atoms with E-state index in [1.54, 1.807) is 18.3 Å². The van der Waals surface area contributed by atoms with Gasteiger partial charge < -0.3 is 25.5 Å². The van der Waals surface area contributed by atoms with Crippen LogP contribution in [0.25, 0.3) is 10.4 Å². The number of aryl methyl sites for hydroxylation is 1. The third-order valence-electron chi connectivity index (χ3n) is 6.24. The molecule has 3 heterocycles. The van der Waals surface area contributed by atoms with Gasteiger partial charge in [-0.25, -0.2) is 4.98 Å². The second kappa shape index (κ2) is 9.98. The van der Waals surface area contributed by atoms with Crippen molar-refractivity contribution in [3.8, 4) is 10.4 Å².